The molecule has 7 nitrogen and oxygen atoms in total. The third-order valence-corrected chi connectivity index (χ3v) is 4.24. The average molecular weight is 338 g/mol. The number of thioether (sulfide) groups is 1. The van der Waals surface area contributed by atoms with E-state index in [0.717, 1.165) is 19.4 Å². The fourth-order valence-corrected chi connectivity index (χ4v) is 2.60. The molecule has 1 atom stereocenters. The molecule has 2 amide bonds. The molecule has 23 heavy (non-hydrogen) atoms. The van der Waals surface area contributed by atoms with Crippen molar-refractivity contribution in [2.24, 2.45) is 5.92 Å². The molecule has 1 saturated heterocycles. The first-order valence-electron chi connectivity index (χ1n) is 7.70. The van der Waals surface area contributed by atoms with Crippen molar-refractivity contribution in [3.8, 4) is 0 Å². The molecular weight excluding hydrogens is 316 g/mol. The van der Waals surface area contributed by atoms with Crippen molar-refractivity contribution in [1.82, 2.24) is 15.5 Å². The van der Waals surface area contributed by atoms with Crippen molar-refractivity contribution >= 4 is 29.4 Å². The van der Waals surface area contributed by atoms with Gasteiger partial charge >= 0.3 is 0 Å². The smallest absolute Gasteiger partial charge is 0.230 e. The predicted octanol–water partition coefficient (Wildman–Crippen LogP) is 1.46. The molecule has 2 heterocycles. The van der Waals surface area contributed by atoms with E-state index in [1.54, 1.807) is 12.1 Å². The Labute approximate surface area is 140 Å². The van der Waals surface area contributed by atoms with Crippen molar-refractivity contribution in [1.29, 1.82) is 0 Å². The van der Waals surface area contributed by atoms with Crippen LogP contribution in [0, 0.1) is 5.92 Å². The number of aromatic nitrogens is 2. The largest absolute Gasteiger partial charge is 0.376 e. The maximum absolute atomic E-state index is 11.8. The highest BCUT2D eigenvalue weighted by molar-refractivity contribution is 7.99. The molecule has 0 aliphatic carbocycles. The topological polar surface area (TPSA) is 93.2 Å². The van der Waals surface area contributed by atoms with E-state index >= 15 is 0 Å². The standard InChI is InChI=1S/C15H22N4O3S/c1-10(2)15(21)17-12-5-6-14(19-18-12)23-9-13(20)16-8-11-4-3-7-22-11/h5-6,10-11H,3-4,7-9H2,1-2H3,(H,16,20)(H,17,18,21)/t11-/m0/s1. The highest BCUT2D eigenvalue weighted by atomic mass is 32.2. The van der Waals surface area contributed by atoms with Crippen molar-refractivity contribution in [2.45, 2.75) is 37.8 Å². The number of carbonyl (C=O) groups excluding carboxylic acids is 2. The number of nitrogens with one attached hydrogen (secondary N) is 2. The normalized spacial score (nSPS) is 17.3. The van der Waals surface area contributed by atoms with Gasteiger partial charge in [-0.2, -0.15) is 0 Å². The Bertz CT molecular complexity index is 530. The molecule has 2 rings (SSSR count). The molecule has 8 heteroatoms. The summed E-state index contributed by atoms with van der Waals surface area (Å²) >= 11 is 1.31. The van der Waals surface area contributed by atoms with E-state index in [9.17, 15) is 9.59 Å². The summed E-state index contributed by atoms with van der Waals surface area (Å²) in [7, 11) is 0. The van der Waals surface area contributed by atoms with E-state index in [-0.39, 0.29) is 29.6 Å². The van der Waals surface area contributed by atoms with Gasteiger partial charge in [-0.05, 0) is 25.0 Å². The third kappa shape index (κ3) is 6.15. The molecule has 2 N–H and O–H groups in total. The fourth-order valence-electron chi connectivity index (χ4n) is 1.96. The lowest BCUT2D eigenvalue weighted by Gasteiger charge is -2.10. The lowest BCUT2D eigenvalue weighted by Crippen LogP contribution is -2.32. The minimum Gasteiger partial charge on any atom is -0.376 e. The van der Waals surface area contributed by atoms with Gasteiger partial charge in [0.25, 0.3) is 0 Å². The molecule has 1 aliphatic heterocycles. The van der Waals surface area contributed by atoms with Crippen LogP contribution in [0.25, 0.3) is 0 Å². The van der Waals surface area contributed by atoms with Gasteiger partial charge in [-0.15, -0.1) is 10.2 Å². The summed E-state index contributed by atoms with van der Waals surface area (Å²) < 4.78 is 5.45. The van der Waals surface area contributed by atoms with Gasteiger partial charge in [0, 0.05) is 19.1 Å². The molecule has 0 aromatic carbocycles. The summed E-state index contributed by atoms with van der Waals surface area (Å²) in [6, 6.07) is 3.42. The maximum atomic E-state index is 11.8. The van der Waals surface area contributed by atoms with Gasteiger partial charge in [0.05, 0.1) is 11.9 Å². The van der Waals surface area contributed by atoms with Crippen LogP contribution in [0.3, 0.4) is 0 Å². The average Bonchev–Trinajstić information content (AvgIpc) is 3.05. The highest BCUT2D eigenvalue weighted by Crippen LogP contribution is 2.16. The summed E-state index contributed by atoms with van der Waals surface area (Å²) in [5.41, 5.74) is 0. The number of amides is 2. The van der Waals surface area contributed by atoms with Crippen LogP contribution in [0.5, 0.6) is 0 Å². The Kier molecular flexibility index (Phi) is 6.79. The molecule has 1 aliphatic rings. The second kappa shape index (κ2) is 8.83. The van der Waals surface area contributed by atoms with Crippen molar-refractivity contribution in [2.75, 3.05) is 24.2 Å². The Morgan fingerprint density at radius 2 is 2.22 bits per heavy atom. The van der Waals surface area contributed by atoms with Gasteiger partial charge in [0.15, 0.2) is 5.82 Å². The van der Waals surface area contributed by atoms with Crippen LogP contribution >= 0.6 is 11.8 Å². The Hall–Kier alpha value is -1.67. The second-order valence-electron chi connectivity index (χ2n) is 5.63. The Morgan fingerprint density at radius 1 is 1.39 bits per heavy atom. The van der Waals surface area contributed by atoms with Crippen LogP contribution in [-0.4, -0.2) is 47.0 Å². The summed E-state index contributed by atoms with van der Waals surface area (Å²) in [5, 5.41) is 14.1. The monoisotopic (exact) mass is 338 g/mol. The molecule has 0 saturated carbocycles. The molecule has 0 spiro atoms. The van der Waals surface area contributed by atoms with E-state index in [2.05, 4.69) is 20.8 Å². The third-order valence-electron chi connectivity index (χ3n) is 3.32. The zero-order valence-electron chi connectivity index (χ0n) is 13.4. The van der Waals surface area contributed by atoms with Crippen LogP contribution in [0.4, 0.5) is 5.82 Å². The van der Waals surface area contributed by atoms with E-state index in [1.807, 2.05) is 13.8 Å². The van der Waals surface area contributed by atoms with Crippen LogP contribution in [0.1, 0.15) is 26.7 Å². The van der Waals surface area contributed by atoms with Gasteiger partial charge in [-0.3, -0.25) is 9.59 Å². The van der Waals surface area contributed by atoms with E-state index in [0.29, 0.717) is 17.4 Å². The quantitative estimate of drug-likeness (QED) is 0.731. The van der Waals surface area contributed by atoms with Gasteiger partial charge in [0.2, 0.25) is 11.8 Å². The van der Waals surface area contributed by atoms with Crippen LogP contribution in [0.15, 0.2) is 17.2 Å². The van der Waals surface area contributed by atoms with Gasteiger partial charge in [0.1, 0.15) is 5.03 Å². The highest BCUT2D eigenvalue weighted by Gasteiger charge is 2.16. The first-order chi connectivity index (χ1) is 11.0. The Morgan fingerprint density at radius 3 is 2.83 bits per heavy atom. The summed E-state index contributed by atoms with van der Waals surface area (Å²) in [6.07, 6.45) is 2.21. The molecule has 1 aromatic heterocycles. The molecule has 1 aromatic rings. The zero-order chi connectivity index (χ0) is 16.7. The van der Waals surface area contributed by atoms with Crippen LogP contribution in [0.2, 0.25) is 0 Å². The maximum Gasteiger partial charge on any atom is 0.230 e. The molecule has 0 unspecified atom stereocenters. The molecular formula is C15H22N4O3S. The lowest BCUT2D eigenvalue weighted by atomic mass is 10.2. The predicted molar refractivity (Wildman–Crippen MR) is 88.2 cm³/mol. The van der Waals surface area contributed by atoms with Crippen LogP contribution < -0.4 is 10.6 Å². The van der Waals surface area contributed by atoms with Gasteiger partial charge in [-0.1, -0.05) is 25.6 Å². The number of rotatable bonds is 7. The number of anilines is 1. The van der Waals surface area contributed by atoms with Crippen molar-refractivity contribution in [3.63, 3.8) is 0 Å². The molecule has 1 fully saturated rings. The number of ether oxygens (including phenoxy) is 1. The number of nitrogens with zero attached hydrogens (tertiary/aromatic N) is 2. The minimum absolute atomic E-state index is 0.0514. The second-order valence-corrected chi connectivity index (χ2v) is 6.62. The number of carbonyl (C=O) groups is 2. The van der Waals surface area contributed by atoms with Gasteiger partial charge in [-0.25, -0.2) is 0 Å². The zero-order valence-corrected chi connectivity index (χ0v) is 14.2. The number of hydrogen-bond acceptors (Lipinski definition) is 6. The molecule has 0 bridgehead atoms. The summed E-state index contributed by atoms with van der Waals surface area (Å²) in [6.45, 7) is 4.96. The molecule has 0 radical (unpaired) electrons. The van der Waals surface area contributed by atoms with E-state index in [4.69, 9.17) is 4.74 Å². The first kappa shape index (κ1) is 17.7. The minimum atomic E-state index is -0.113. The van der Waals surface area contributed by atoms with E-state index in [1.165, 1.54) is 11.8 Å². The fraction of sp³-hybridized carbons (Fsp3) is 0.600. The lowest BCUT2D eigenvalue weighted by molar-refractivity contribution is -0.119. The summed E-state index contributed by atoms with van der Waals surface area (Å²) in [4.78, 5) is 23.3. The summed E-state index contributed by atoms with van der Waals surface area (Å²) in [5.74, 6) is 0.422. The first-order valence-corrected chi connectivity index (χ1v) is 8.69. The number of hydrogen-bond donors (Lipinski definition) is 2. The van der Waals surface area contributed by atoms with Gasteiger partial charge < -0.3 is 15.4 Å². The van der Waals surface area contributed by atoms with Crippen LogP contribution in [-0.2, 0) is 14.3 Å². The van der Waals surface area contributed by atoms with E-state index < -0.39 is 0 Å². The Balaban J connectivity index is 1.70. The molecule has 126 valence electrons. The SMILES string of the molecule is CC(C)C(=O)Nc1ccc(SCC(=O)NC[C@@H]2CCCO2)nn1. The van der Waals surface area contributed by atoms with Crippen molar-refractivity contribution in [3.05, 3.63) is 12.1 Å². The van der Waals surface area contributed by atoms with Crippen molar-refractivity contribution < 1.29 is 14.3 Å².